The first-order chi connectivity index (χ1) is 6.64. The van der Waals surface area contributed by atoms with Gasteiger partial charge < -0.3 is 0 Å². The van der Waals surface area contributed by atoms with E-state index < -0.39 is 20.3 Å². The van der Waals surface area contributed by atoms with Gasteiger partial charge in [0, 0.05) is 11.8 Å². The van der Waals surface area contributed by atoms with Crippen molar-refractivity contribution in [1.82, 2.24) is 4.72 Å². The van der Waals surface area contributed by atoms with Gasteiger partial charge in [-0.25, -0.2) is 13.1 Å². The van der Waals surface area contributed by atoms with Gasteiger partial charge in [0.2, 0.25) is 10.0 Å². The Morgan fingerprint density at radius 2 is 1.53 bits per heavy atom. The molecule has 0 atom stereocenters. The van der Waals surface area contributed by atoms with Crippen molar-refractivity contribution in [2.24, 2.45) is 0 Å². The standard InChI is InChI=1S/C9H19Cl2NO2S/c1-5-9(6-10,7-11)12-15(13,14)8(2,3)4/h12H,5-7H2,1-4H3. The first-order valence-electron chi connectivity index (χ1n) is 4.79. The van der Waals surface area contributed by atoms with Gasteiger partial charge in [-0.3, -0.25) is 0 Å². The Morgan fingerprint density at radius 3 is 1.73 bits per heavy atom. The van der Waals surface area contributed by atoms with Gasteiger partial charge in [0.25, 0.3) is 0 Å². The van der Waals surface area contributed by atoms with Crippen LogP contribution < -0.4 is 4.72 Å². The Hall–Kier alpha value is 0.490. The van der Waals surface area contributed by atoms with E-state index in [2.05, 4.69) is 4.72 Å². The summed E-state index contributed by atoms with van der Waals surface area (Å²) >= 11 is 11.5. The molecule has 0 aliphatic heterocycles. The van der Waals surface area contributed by atoms with Crippen molar-refractivity contribution in [1.29, 1.82) is 0 Å². The van der Waals surface area contributed by atoms with E-state index in [1.165, 1.54) is 0 Å². The summed E-state index contributed by atoms with van der Waals surface area (Å²) in [5.74, 6) is 0.338. The molecule has 0 saturated carbocycles. The zero-order valence-corrected chi connectivity index (χ0v) is 11.9. The van der Waals surface area contributed by atoms with Crippen LogP contribution in [0.4, 0.5) is 0 Å². The summed E-state index contributed by atoms with van der Waals surface area (Å²) in [4.78, 5) is 0. The van der Waals surface area contributed by atoms with E-state index in [0.717, 1.165) is 0 Å². The second kappa shape index (κ2) is 5.21. The van der Waals surface area contributed by atoms with Gasteiger partial charge in [-0.2, -0.15) is 0 Å². The van der Waals surface area contributed by atoms with Gasteiger partial charge in [0.1, 0.15) is 0 Å². The third-order valence-electron chi connectivity index (χ3n) is 2.35. The van der Waals surface area contributed by atoms with Crippen LogP contribution in [0.3, 0.4) is 0 Å². The van der Waals surface area contributed by atoms with E-state index in [4.69, 9.17) is 23.2 Å². The molecule has 0 aromatic rings. The molecule has 0 radical (unpaired) electrons. The van der Waals surface area contributed by atoms with Crippen LogP contribution in [-0.4, -0.2) is 30.5 Å². The van der Waals surface area contributed by atoms with E-state index in [1.807, 2.05) is 6.92 Å². The van der Waals surface area contributed by atoms with Crippen LogP contribution in [0, 0.1) is 0 Å². The summed E-state index contributed by atoms with van der Waals surface area (Å²) in [6.07, 6.45) is 0.565. The Bertz CT molecular complexity index is 283. The summed E-state index contributed by atoms with van der Waals surface area (Å²) in [7, 11) is -3.41. The molecule has 0 saturated heterocycles. The molecule has 0 unspecified atom stereocenters. The molecule has 0 aromatic carbocycles. The first-order valence-corrected chi connectivity index (χ1v) is 7.35. The molecule has 0 rings (SSSR count). The van der Waals surface area contributed by atoms with E-state index in [0.29, 0.717) is 6.42 Å². The van der Waals surface area contributed by atoms with Crippen molar-refractivity contribution >= 4 is 33.2 Å². The first kappa shape index (κ1) is 15.5. The highest BCUT2D eigenvalue weighted by Gasteiger charge is 2.37. The molecule has 0 aliphatic rings. The lowest BCUT2D eigenvalue weighted by Crippen LogP contribution is -2.55. The summed E-state index contributed by atoms with van der Waals surface area (Å²) in [6.45, 7) is 6.77. The van der Waals surface area contributed by atoms with E-state index >= 15 is 0 Å². The Kier molecular flexibility index (Phi) is 5.38. The van der Waals surface area contributed by atoms with Gasteiger partial charge in [0.15, 0.2) is 0 Å². The summed E-state index contributed by atoms with van der Waals surface area (Å²) in [5.41, 5.74) is -0.741. The predicted molar refractivity (Wildman–Crippen MR) is 66.3 cm³/mol. The molecule has 0 fully saturated rings. The maximum absolute atomic E-state index is 11.9. The third-order valence-corrected chi connectivity index (χ3v) is 5.68. The van der Waals surface area contributed by atoms with E-state index in [9.17, 15) is 8.42 Å². The zero-order chi connectivity index (χ0) is 12.3. The molecule has 6 heteroatoms. The molecule has 0 aromatic heterocycles. The minimum Gasteiger partial charge on any atom is -0.212 e. The number of halogens is 2. The van der Waals surface area contributed by atoms with Crippen LogP contribution in [-0.2, 0) is 10.0 Å². The highest BCUT2D eigenvalue weighted by molar-refractivity contribution is 7.90. The zero-order valence-electron chi connectivity index (χ0n) is 9.60. The molecular weight excluding hydrogens is 257 g/mol. The molecule has 15 heavy (non-hydrogen) atoms. The lowest BCUT2D eigenvalue weighted by Gasteiger charge is -2.32. The van der Waals surface area contributed by atoms with Gasteiger partial charge in [0.05, 0.1) is 10.3 Å². The van der Waals surface area contributed by atoms with E-state index in [-0.39, 0.29) is 11.8 Å². The molecule has 0 aliphatic carbocycles. The van der Waals surface area contributed by atoms with Crippen molar-refractivity contribution in [2.45, 2.75) is 44.4 Å². The van der Waals surface area contributed by atoms with Crippen molar-refractivity contribution in [3.8, 4) is 0 Å². The van der Waals surface area contributed by atoms with Crippen molar-refractivity contribution in [3.05, 3.63) is 0 Å². The molecule has 3 nitrogen and oxygen atoms in total. The van der Waals surface area contributed by atoms with Crippen LogP contribution in [0.2, 0.25) is 0 Å². The summed E-state index contributed by atoms with van der Waals surface area (Å²) < 4.78 is 25.6. The maximum Gasteiger partial charge on any atom is 0.217 e. The van der Waals surface area contributed by atoms with Gasteiger partial charge in [-0.15, -0.1) is 23.2 Å². The molecule has 0 bridgehead atoms. The highest BCUT2D eigenvalue weighted by Crippen LogP contribution is 2.21. The minimum absolute atomic E-state index is 0.169. The fraction of sp³-hybridized carbons (Fsp3) is 1.00. The third kappa shape index (κ3) is 3.77. The number of rotatable bonds is 5. The van der Waals surface area contributed by atoms with Gasteiger partial charge in [-0.05, 0) is 27.2 Å². The minimum atomic E-state index is -3.41. The second-order valence-electron chi connectivity index (χ2n) is 4.62. The van der Waals surface area contributed by atoms with Gasteiger partial charge >= 0.3 is 0 Å². The lowest BCUT2D eigenvalue weighted by atomic mass is 10.0. The maximum atomic E-state index is 11.9. The fourth-order valence-corrected chi connectivity index (χ4v) is 2.91. The number of alkyl halides is 2. The lowest BCUT2D eigenvalue weighted by molar-refractivity contribution is 0.438. The SMILES string of the molecule is CCC(CCl)(CCl)NS(=O)(=O)C(C)(C)C. The molecule has 0 spiro atoms. The van der Waals surface area contributed by atoms with Crippen LogP contribution in [0.25, 0.3) is 0 Å². The Balaban J connectivity index is 5.00. The van der Waals surface area contributed by atoms with Crippen LogP contribution >= 0.6 is 23.2 Å². The number of sulfonamides is 1. The van der Waals surface area contributed by atoms with Crippen molar-refractivity contribution < 1.29 is 8.42 Å². The molecule has 0 amide bonds. The normalized spacial score (nSPS) is 14.3. The summed E-state index contributed by atoms with van der Waals surface area (Å²) in [6, 6.07) is 0. The van der Waals surface area contributed by atoms with Gasteiger partial charge in [-0.1, -0.05) is 6.92 Å². The Morgan fingerprint density at radius 1 is 1.13 bits per heavy atom. The number of hydrogen-bond donors (Lipinski definition) is 1. The van der Waals surface area contributed by atoms with Crippen LogP contribution in [0.5, 0.6) is 0 Å². The number of nitrogens with one attached hydrogen (secondary N) is 1. The molecule has 1 N–H and O–H groups in total. The van der Waals surface area contributed by atoms with E-state index in [1.54, 1.807) is 20.8 Å². The average Bonchev–Trinajstić information content (AvgIpc) is 2.12. The monoisotopic (exact) mass is 275 g/mol. The van der Waals surface area contributed by atoms with Crippen LogP contribution in [0.1, 0.15) is 34.1 Å². The highest BCUT2D eigenvalue weighted by atomic mass is 35.5. The smallest absolute Gasteiger partial charge is 0.212 e. The Labute approximate surface area is 103 Å². The fourth-order valence-electron chi connectivity index (χ4n) is 0.790. The largest absolute Gasteiger partial charge is 0.217 e. The molecular formula is C9H19Cl2NO2S. The second-order valence-corrected chi connectivity index (χ2v) is 7.59. The molecule has 92 valence electrons. The topological polar surface area (TPSA) is 46.2 Å². The molecule has 0 heterocycles. The quantitative estimate of drug-likeness (QED) is 0.783. The summed E-state index contributed by atoms with van der Waals surface area (Å²) in [5, 5.41) is 0. The number of hydrogen-bond acceptors (Lipinski definition) is 2. The predicted octanol–water partition coefficient (Wildman–Crippen LogP) is 2.33. The van der Waals surface area contributed by atoms with Crippen molar-refractivity contribution in [2.75, 3.05) is 11.8 Å². The average molecular weight is 276 g/mol. The van der Waals surface area contributed by atoms with Crippen molar-refractivity contribution in [3.63, 3.8) is 0 Å². The van der Waals surface area contributed by atoms with Crippen LogP contribution in [0.15, 0.2) is 0 Å².